The molecule has 0 saturated carbocycles. The molecule has 1 aromatic heterocycles. The van der Waals surface area contributed by atoms with Gasteiger partial charge in [-0.25, -0.2) is 14.8 Å². The van der Waals surface area contributed by atoms with Crippen LogP contribution in [-0.4, -0.2) is 52.1 Å². The average Bonchev–Trinajstić information content (AvgIpc) is 2.41. The molecule has 0 aliphatic carbocycles. The fourth-order valence-corrected chi connectivity index (χ4v) is 2.32. The van der Waals surface area contributed by atoms with Gasteiger partial charge in [-0.05, 0) is 33.0 Å². The maximum atomic E-state index is 11.4. The molecule has 0 radical (unpaired) electrons. The van der Waals surface area contributed by atoms with E-state index in [2.05, 4.69) is 27.2 Å². The van der Waals surface area contributed by atoms with Crippen molar-refractivity contribution < 1.29 is 9.90 Å². The van der Waals surface area contributed by atoms with Gasteiger partial charge in [0.05, 0.1) is 11.9 Å². The Morgan fingerprint density at radius 1 is 1.45 bits per heavy atom. The molecule has 0 spiro atoms. The Hall–Kier alpha value is -1.69. The first kappa shape index (κ1) is 14.7. The number of carbonyl (C=O) groups is 1. The van der Waals surface area contributed by atoms with Gasteiger partial charge in [0.2, 0.25) is 0 Å². The molecule has 6 nitrogen and oxygen atoms in total. The Bertz CT molecular complexity index is 482. The molecule has 1 fully saturated rings. The molecule has 2 rings (SSSR count). The van der Waals surface area contributed by atoms with Crippen LogP contribution in [0.15, 0.2) is 6.20 Å². The average molecular weight is 278 g/mol. The normalized spacial score (nSPS) is 17.4. The third kappa shape index (κ3) is 3.45. The predicted molar refractivity (Wildman–Crippen MR) is 77.2 cm³/mol. The van der Waals surface area contributed by atoms with Crippen LogP contribution in [0, 0.1) is 0 Å². The third-order valence-electron chi connectivity index (χ3n) is 3.60. The van der Waals surface area contributed by atoms with E-state index in [1.54, 1.807) is 6.20 Å². The highest BCUT2D eigenvalue weighted by atomic mass is 16.4. The number of nitrogens with zero attached hydrogens (tertiary/aromatic N) is 3. The summed E-state index contributed by atoms with van der Waals surface area (Å²) >= 11 is 0. The molecule has 2 N–H and O–H groups in total. The Balaban J connectivity index is 2.16. The number of likely N-dealkylation sites (tertiary alicyclic amines) is 1. The molecule has 110 valence electrons. The van der Waals surface area contributed by atoms with Crippen LogP contribution < -0.4 is 5.32 Å². The van der Waals surface area contributed by atoms with E-state index in [9.17, 15) is 9.90 Å². The van der Waals surface area contributed by atoms with Gasteiger partial charge in [0.15, 0.2) is 5.69 Å². The van der Waals surface area contributed by atoms with Gasteiger partial charge in [-0.15, -0.1) is 0 Å². The number of aromatic nitrogens is 2. The fourth-order valence-electron chi connectivity index (χ4n) is 2.32. The van der Waals surface area contributed by atoms with E-state index >= 15 is 0 Å². The molecule has 2 heterocycles. The van der Waals surface area contributed by atoms with Gasteiger partial charge < -0.3 is 15.3 Å². The summed E-state index contributed by atoms with van der Waals surface area (Å²) in [7, 11) is 2.10. The minimum Gasteiger partial charge on any atom is -0.476 e. The van der Waals surface area contributed by atoms with Crippen molar-refractivity contribution in [1.82, 2.24) is 14.9 Å². The largest absolute Gasteiger partial charge is 0.476 e. The van der Waals surface area contributed by atoms with E-state index in [0.717, 1.165) is 25.9 Å². The summed E-state index contributed by atoms with van der Waals surface area (Å²) < 4.78 is 0. The topological polar surface area (TPSA) is 78.4 Å². The Morgan fingerprint density at radius 3 is 2.65 bits per heavy atom. The molecule has 0 unspecified atom stereocenters. The van der Waals surface area contributed by atoms with Crippen molar-refractivity contribution in [2.45, 2.75) is 38.6 Å². The standard InChI is InChI=1S/C14H22N4O2/c1-9(2)13-15-8-11(12(17-13)14(19)20)16-10-4-6-18(3)7-5-10/h8-10,16H,4-7H2,1-3H3,(H,19,20). The SMILES string of the molecule is CC(C)c1ncc(NC2CCN(C)CC2)c(C(=O)O)n1. The minimum absolute atomic E-state index is 0.0719. The molecule has 0 amide bonds. The molecular weight excluding hydrogens is 256 g/mol. The zero-order valence-corrected chi connectivity index (χ0v) is 12.3. The van der Waals surface area contributed by atoms with Crippen molar-refractivity contribution in [3.05, 3.63) is 17.7 Å². The summed E-state index contributed by atoms with van der Waals surface area (Å²) in [6.45, 7) is 5.94. The van der Waals surface area contributed by atoms with Gasteiger partial charge in [0.25, 0.3) is 0 Å². The van der Waals surface area contributed by atoms with Gasteiger partial charge in [0.1, 0.15) is 5.82 Å². The van der Waals surface area contributed by atoms with Crippen LogP contribution in [-0.2, 0) is 0 Å². The summed E-state index contributed by atoms with van der Waals surface area (Å²) in [5, 5.41) is 12.6. The van der Waals surface area contributed by atoms with Crippen LogP contribution in [0.5, 0.6) is 0 Å². The van der Waals surface area contributed by atoms with Crippen molar-refractivity contribution in [3.8, 4) is 0 Å². The van der Waals surface area contributed by atoms with E-state index < -0.39 is 5.97 Å². The van der Waals surface area contributed by atoms with E-state index in [4.69, 9.17) is 0 Å². The molecule has 20 heavy (non-hydrogen) atoms. The lowest BCUT2D eigenvalue weighted by Crippen LogP contribution is -2.37. The van der Waals surface area contributed by atoms with Crippen molar-refractivity contribution in [2.24, 2.45) is 0 Å². The molecular formula is C14H22N4O2. The third-order valence-corrected chi connectivity index (χ3v) is 3.60. The van der Waals surface area contributed by atoms with Gasteiger partial charge in [-0.1, -0.05) is 13.8 Å². The number of nitrogens with one attached hydrogen (secondary N) is 1. The summed E-state index contributed by atoms with van der Waals surface area (Å²) in [6, 6.07) is 0.290. The quantitative estimate of drug-likeness (QED) is 0.874. The smallest absolute Gasteiger partial charge is 0.356 e. The Kier molecular flexibility index (Phi) is 4.54. The maximum absolute atomic E-state index is 11.4. The van der Waals surface area contributed by atoms with Crippen LogP contribution in [0.2, 0.25) is 0 Å². The predicted octanol–water partition coefficient (Wildman–Crippen LogP) is 1.80. The highest BCUT2D eigenvalue weighted by molar-refractivity contribution is 5.91. The number of carboxylic acid groups (broad SMARTS) is 1. The lowest BCUT2D eigenvalue weighted by atomic mass is 10.1. The molecule has 1 aliphatic rings. The first-order valence-corrected chi connectivity index (χ1v) is 7.02. The molecule has 1 saturated heterocycles. The molecule has 0 aromatic carbocycles. The first-order chi connectivity index (χ1) is 9.47. The maximum Gasteiger partial charge on any atom is 0.356 e. The summed E-state index contributed by atoms with van der Waals surface area (Å²) in [6.07, 6.45) is 3.60. The van der Waals surface area contributed by atoms with Crippen LogP contribution in [0.4, 0.5) is 5.69 Å². The minimum atomic E-state index is -1.01. The number of piperidine rings is 1. The summed E-state index contributed by atoms with van der Waals surface area (Å²) in [4.78, 5) is 22.0. The zero-order valence-electron chi connectivity index (χ0n) is 12.3. The molecule has 0 atom stereocenters. The number of hydrogen-bond acceptors (Lipinski definition) is 5. The van der Waals surface area contributed by atoms with E-state index in [0.29, 0.717) is 11.5 Å². The molecule has 6 heteroatoms. The van der Waals surface area contributed by atoms with Crippen molar-refractivity contribution >= 4 is 11.7 Å². The highest BCUT2D eigenvalue weighted by Crippen LogP contribution is 2.20. The number of anilines is 1. The van der Waals surface area contributed by atoms with Gasteiger partial charge in [-0.3, -0.25) is 0 Å². The monoisotopic (exact) mass is 278 g/mol. The van der Waals surface area contributed by atoms with Crippen molar-refractivity contribution in [2.75, 3.05) is 25.5 Å². The van der Waals surface area contributed by atoms with Crippen LogP contribution in [0.1, 0.15) is 48.9 Å². The lowest BCUT2D eigenvalue weighted by molar-refractivity contribution is 0.0691. The number of rotatable bonds is 4. The van der Waals surface area contributed by atoms with Gasteiger partial charge in [0, 0.05) is 12.0 Å². The van der Waals surface area contributed by atoms with E-state index in [1.807, 2.05) is 13.8 Å². The van der Waals surface area contributed by atoms with Crippen LogP contribution >= 0.6 is 0 Å². The zero-order chi connectivity index (χ0) is 14.7. The first-order valence-electron chi connectivity index (χ1n) is 7.02. The van der Waals surface area contributed by atoms with Gasteiger partial charge in [-0.2, -0.15) is 0 Å². The second-order valence-corrected chi connectivity index (χ2v) is 5.67. The Morgan fingerprint density at radius 2 is 2.10 bits per heavy atom. The second-order valence-electron chi connectivity index (χ2n) is 5.67. The Labute approximate surface area is 119 Å². The van der Waals surface area contributed by atoms with Crippen molar-refractivity contribution in [3.63, 3.8) is 0 Å². The fraction of sp³-hybridized carbons (Fsp3) is 0.643. The summed E-state index contributed by atoms with van der Waals surface area (Å²) in [5.74, 6) is -0.327. The number of carboxylic acids is 1. The van der Waals surface area contributed by atoms with Gasteiger partial charge >= 0.3 is 5.97 Å². The molecule has 0 bridgehead atoms. The van der Waals surface area contributed by atoms with Crippen LogP contribution in [0.25, 0.3) is 0 Å². The number of hydrogen-bond donors (Lipinski definition) is 2. The van der Waals surface area contributed by atoms with E-state index in [-0.39, 0.29) is 17.7 Å². The lowest BCUT2D eigenvalue weighted by Gasteiger charge is -2.30. The van der Waals surface area contributed by atoms with Crippen LogP contribution in [0.3, 0.4) is 0 Å². The van der Waals surface area contributed by atoms with Crippen molar-refractivity contribution in [1.29, 1.82) is 0 Å². The molecule has 1 aliphatic heterocycles. The highest BCUT2D eigenvalue weighted by Gasteiger charge is 2.21. The second kappa shape index (κ2) is 6.17. The van der Waals surface area contributed by atoms with E-state index in [1.165, 1.54) is 0 Å². The summed E-state index contributed by atoms with van der Waals surface area (Å²) in [5.41, 5.74) is 0.596. The number of aromatic carboxylic acids is 1. The molecule has 1 aromatic rings.